The van der Waals surface area contributed by atoms with Gasteiger partial charge >= 0.3 is 0 Å². The summed E-state index contributed by atoms with van der Waals surface area (Å²) in [5, 5.41) is 11.8. The van der Waals surface area contributed by atoms with Gasteiger partial charge in [0, 0.05) is 17.5 Å². The zero-order valence-corrected chi connectivity index (χ0v) is 19.1. The zero-order valence-electron chi connectivity index (χ0n) is 18.3. The van der Waals surface area contributed by atoms with Crippen LogP contribution >= 0.6 is 11.8 Å². The Balaban J connectivity index is 1.52. The fraction of sp³-hybridized carbons (Fsp3) is 0.320. The Labute approximate surface area is 191 Å². The molecule has 2 aromatic carbocycles. The van der Waals surface area contributed by atoms with Crippen LogP contribution in [0.2, 0.25) is 0 Å². The number of thioether (sulfide) groups is 1. The minimum atomic E-state index is 0.154. The number of carbonyl (C=O) groups is 1. The number of hydrogen-bond donors (Lipinski definition) is 0. The third-order valence-electron chi connectivity index (χ3n) is 6.19. The molecule has 32 heavy (non-hydrogen) atoms. The molecule has 1 amide bonds. The van der Waals surface area contributed by atoms with Gasteiger partial charge in [-0.2, -0.15) is 0 Å². The zero-order chi connectivity index (χ0) is 22.1. The van der Waals surface area contributed by atoms with Crippen molar-refractivity contribution in [2.45, 2.75) is 50.4 Å². The smallest absolute Gasteiger partial charge is 0.233 e. The second-order valence-corrected chi connectivity index (χ2v) is 9.28. The van der Waals surface area contributed by atoms with Crippen molar-refractivity contribution in [3.05, 3.63) is 60.9 Å². The van der Waals surface area contributed by atoms with Crippen LogP contribution in [0.25, 0.3) is 28.0 Å². The molecule has 6 nitrogen and oxygen atoms in total. The van der Waals surface area contributed by atoms with Crippen molar-refractivity contribution in [2.24, 2.45) is 0 Å². The lowest BCUT2D eigenvalue weighted by Crippen LogP contribution is -2.48. The number of amides is 1. The van der Waals surface area contributed by atoms with E-state index in [0.29, 0.717) is 22.5 Å². The quantitative estimate of drug-likeness (QED) is 0.376. The van der Waals surface area contributed by atoms with Crippen LogP contribution in [0, 0.1) is 0 Å². The molecular weight excluding hydrogens is 420 g/mol. The van der Waals surface area contributed by atoms with Crippen molar-refractivity contribution in [3.63, 3.8) is 0 Å². The van der Waals surface area contributed by atoms with Gasteiger partial charge in [0.2, 0.25) is 11.7 Å². The molecule has 164 valence electrons. The topological polar surface area (TPSA) is 64.2 Å². The SMILES string of the molecule is C[C@@H]1CCC[C@@H](C)N1C(=O)CSc1nnc(-c2ccco2)n1-c1cccc2ccccc12. The lowest BCUT2D eigenvalue weighted by atomic mass is 9.98. The van der Waals surface area contributed by atoms with E-state index in [1.165, 1.54) is 18.2 Å². The molecule has 0 bridgehead atoms. The number of likely N-dealkylation sites (tertiary alicyclic amines) is 1. The first-order chi connectivity index (χ1) is 15.6. The number of nitrogens with zero attached hydrogens (tertiary/aromatic N) is 4. The minimum absolute atomic E-state index is 0.154. The Morgan fingerprint density at radius 2 is 1.81 bits per heavy atom. The van der Waals surface area contributed by atoms with Crippen LogP contribution in [-0.4, -0.2) is 43.4 Å². The van der Waals surface area contributed by atoms with E-state index in [4.69, 9.17) is 4.42 Å². The van der Waals surface area contributed by atoms with Crippen molar-refractivity contribution in [1.82, 2.24) is 19.7 Å². The molecule has 0 unspecified atom stereocenters. The molecule has 0 spiro atoms. The first kappa shape index (κ1) is 20.8. The summed E-state index contributed by atoms with van der Waals surface area (Å²) in [7, 11) is 0. The highest BCUT2D eigenvalue weighted by Gasteiger charge is 2.29. The summed E-state index contributed by atoms with van der Waals surface area (Å²) in [6.07, 6.45) is 4.94. The largest absolute Gasteiger partial charge is 0.461 e. The van der Waals surface area contributed by atoms with Crippen molar-refractivity contribution in [2.75, 3.05) is 5.75 Å². The fourth-order valence-corrected chi connectivity index (χ4v) is 5.48. The Morgan fingerprint density at radius 3 is 2.59 bits per heavy atom. The van der Waals surface area contributed by atoms with E-state index < -0.39 is 0 Å². The van der Waals surface area contributed by atoms with Crippen LogP contribution in [-0.2, 0) is 4.79 Å². The van der Waals surface area contributed by atoms with Gasteiger partial charge in [0.05, 0.1) is 17.7 Å². The van der Waals surface area contributed by atoms with E-state index in [0.717, 1.165) is 29.3 Å². The number of benzene rings is 2. The van der Waals surface area contributed by atoms with E-state index in [2.05, 4.69) is 48.3 Å². The molecule has 1 aliphatic heterocycles. The second-order valence-electron chi connectivity index (χ2n) is 8.34. The molecule has 0 aliphatic carbocycles. The van der Waals surface area contributed by atoms with Crippen molar-refractivity contribution in [1.29, 1.82) is 0 Å². The maximum atomic E-state index is 13.1. The number of carbonyl (C=O) groups excluding carboxylic acids is 1. The van der Waals surface area contributed by atoms with Gasteiger partial charge in [-0.3, -0.25) is 9.36 Å². The predicted octanol–water partition coefficient (Wildman–Crippen LogP) is 5.56. The summed E-state index contributed by atoms with van der Waals surface area (Å²) >= 11 is 1.43. The molecule has 1 saturated heterocycles. The van der Waals surface area contributed by atoms with Crippen molar-refractivity contribution in [3.8, 4) is 17.3 Å². The van der Waals surface area contributed by atoms with Gasteiger partial charge in [0.1, 0.15) is 0 Å². The van der Waals surface area contributed by atoms with Gasteiger partial charge in [-0.25, -0.2) is 0 Å². The molecular formula is C25H26N4O2S. The highest BCUT2D eigenvalue weighted by atomic mass is 32.2. The highest BCUT2D eigenvalue weighted by Crippen LogP contribution is 2.32. The Bertz CT molecular complexity index is 1220. The highest BCUT2D eigenvalue weighted by molar-refractivity contribution is 7.99. The van der Waals surface area contributed by atoms with Gasteiger partial charge in [0.25, 0.3) is 0 Å². The van der Waals surface area contributed by atoms with Gasteiger partial charge in [-0.15, -0.1) is 10.2 Å². The maximum Gasteiger partial charge on any atom is 0.233 e. The molecule has 0 N–H and O–H groups in total. The molecule has 0 saturated carbocycles. The standard InChI is InChI=1S/C25H26N4O2S/c1-17-8-5-9-18(2)28(17)23(30)16-32-25-27-26-24(22-14-7-15-31-22)29(25)21-13-6-11-19-10-3-4-12-20(19)21/h3-4,6-7,10-15,17-18H,5,8-9,16H2,1-2H3/t17-,18-/m1/s1. The average molecular weight is 447 g/mol. The molecule has 1 fully saturated rings. The summed E-state index contributed by atoms with van der Waals surface area (Å²) in [6, 6.07) is 18.7. The summed E-state index contributed by atoms with van der Waals surface area (Å²) in [5.41, 5.74) is 0.967. The summed E-state index contributed by atoms with van der Waals surface area (Å²) in [5.74, 6) is 1.75. The monoisotopic (exact) mass is 446 g/mol. The van der Waals surface area contributed by atoms with Crippen LogP contribution in [0.5, 0.6) is 0 Å². The van der Waals surface area contributed by atoms with Crippen LogP contribution in [0.1, 0.15) is 33.1 Å². The summed E-state index contributed by atoms with van der Waals surface area (Å²) in [6.45, 7) is 4.29. The number of aromatic nitrogens is 3. The lowest BCUT2D eigenvalue weighted by Gasteiger charge is -2.39. The van der Waals surface area contributed by atoms with E-state index in [1.54, 1.807) is 6.26 Å². The number of hydrogen-bond acceptors (Lipinski definition) is 5. The average Bonchev–Trinajstić information content (AvgIpc) is 3.47. The molecule has 7 heteroatoms. The third kappa shape index (κ3) is 3.81. The number of furan rings is 1. The van der Waals surface area contributed by atoms with Gasteiger partial charge in [-0.05, 0) is 56.7 Å². The first-order valence-corrected chi connectivity index (χ1v) is 12.0. The van der Waals surface area contributed by atoms with Crippen LogP contribution in [0.15, 0.2) is 70.4 Å². The minimum Gasteiger partial charge on any atom is -0.461 e. The van der Waals surface area contributed by atoms with E-state index >= 15 is 0 Å². The summed E-state index contributed by atoms with van der Waals surface area (Å²) in [4.78, 5) is 15.2. The molecule has 3 heterocycles. The Morgan fingerprint density at radius 1 is 1.03 bits per heavy atom. The van der Waals surface area contributed by atoms with Crippen LogP contribution in [0.3, 0.4) is 0 Å². The molecule has 2 aromatic heterocycles. The van der Waals surface area contributed by atoms with Crippen LogP contribution < -0.4 is 0 Å². The van der Waals surface area contributed by atoms with Gasteiger partial charge < -0.3 is 9.32 Å². The van der Waals surface area contributed by atoms with Gasteiger partial charge in [-0.1, -0.05) is 48.2 Å². The number of rotatable bonds is 5. The number of piperidine rings is 1. The normalized spacial score (nSPS) is 18.9. The molecule has 0 radical (unpaired) electrons. The maximum absolute atomic E-state index is 13.1. The van der Waals surface area contributed by atoms with Crippen LogP contribution in [0.4, 0.5) is 0 Å². The van der Waals surface area contributed by atoms with Gasteiger partial charge in [0.15, 0.2) is 10.9 Å². The molecule has 4 aromatic rings. The third-order valence-corrected chi connectivity index (χ3v) is 7.10. The lowest BCUT2D eigenvalue weighted by molar-refractivity contribution is -0.134. The van der Waals surface area contributed by atoms with E-state index in [-0.39, 0.29) is 18.0 Å². The van der Waals surface area contributed by atoms with E-state index in [1.807, 2.05) is 39.8 Å². The molecule has 2 atom stereocenters. The van der Waals surface area contributed by atoms with E-state index in [9.17, 15) is 4.79 Å². The summed E-state index contributed by atoms with van der Waals surface area (Å²) < 4.78 is 7.65. The molecule has 1 aliphatic rings. The molecule has 5 rings (SSSR count). The predicted molar refractivity (Wildman–Crippen MR) is 127 cm³/mol. The number of fused-ring (bicyclic) bond motifs is 1. The first-order valence-electron chi connectivity index (χ1n) is 11.0. The Hall–Kier alpha value is -3.06. The second kappa shape index (κ2) is 8.82. The fourth-order valence-electron chi connectivity index (χ4n) is 4.66. The Kier molecular flexibility index (Phi) is 5.74. The van der Waals surface area contributed by atoms with Crippen molar-refractivity contribution >= 4 is 28.4 Å². The van der Waals surface area contributed by atoms with Crippen molar-refractivity contribution < 1.29 is 9.21 Å².